The highest BCUT2D eigenvalue weighted by atomic mass is 16.5. The number of hydrogen-bond donors (Lipinski definition) is 3. The first-order chi connectivity index (χ1) is 15.0. The number of carboxylic acids is 1. The maximum atomic E-state index is 12.4. The lowest BCUT2D eigenvalue weighted by Crippen LogP contribution is -2.51. The van der Waals surface area contributed by atoms with Crippen molar-refractivity contribution in [1.82, 2.24) is 10.6 Å². The van der Waals surface area contributed by atoms with Crippen molar-refractivity contribution in [2.75, 3.05) is 6.61 Å². The number of fused-ring (bicyclic) bond motifs is 3. The standard InChI is InChI=1S/C24H26N2O5/c1-3-9-21(22(27)25-20(4-2)23(28)29)26-24(30)31-14-19-17-12-7-5-10-15(17)16-11-6-8-13-18(16)19/h3,5-8,10-13,19-21H,1,4,9,14H2,2H3,(H,25,27)(H,26,30)(H,28,29). The molecule has 2 atom stereocenters. The third-order valence-electron chi connectivity index (χ3n) is 5.38. The Morgan fingerprint density at radius 1 is 1.03 bits per heavy atom. The fourth-order valence-corrected chi connectivity index (χ4v) is 3.79. The van der Waals surface area contributed by atoms with Gasteiger partial charge in [-0.15, -0.1) is 6.58 Å². The number of rotatable bonds is 9. The van der Waals surface area contributed by atoms with E-state index in [-0.39, 0.29) is 25.4 Å². The molecule has 162 valence electrons. The molecule has 2 aromatic carbocycles. The highest BCUT2D eigenvalue weighted by Gasteiger charge is 2.30. The zero-order chi connectivity index (χ0) is 22.4. The van der Waals surface area contributed by atoms with Gasteiger partial charge in [-0.1, -0.05) is 61.5 Å². The van der Waals surface area contributed by atoms with Crippen molar-refractivity contribution in [3.05, 3.63) is 72.3 Å². The van der Waals surface area contributed by atoms with Crippen molar-refractivity contribution < 1.29 is 24.2 Å². The maximum absolute atomic E-state index is 12.4. The lowest BCUT2D eigenvalue weighted by Gasteiger charge is -2.20. The number of aliphatic carboxylic acids is 1. The first-order valence-corrected chi connectivity index (χ1v) is 10.2. The quantitative estimate of drug-likeness (QED) is 0.537. The maximum Gasteiger partial charge on any atom is 0.407 e. The molecule has 0 aliphatic heterocycles. The first kappa shape index (κ1) is 22.1. The number of nitrogens with one attached hydrogen (secondary N) is 2. The third kappa shape index (κ3) is 4.94. The smallest absolute Gasteiger partial charge is 0.407 e. The largest absolute Gasteiger partial charge is 0.480 e. The summed E-state index contributed by atoms with van der Waals surface area (Å²) < 4.78 is 5.46. The molecule has 0 spiro atoms. The van der Waals surface area contributed by atoms with Crippen LogP contribution in [0.5, 0.6) is 0 Å². The van der Waals surface area contributed by atoms with E-state index in [9.17, 15) is 14.4 Å². The van der Waals surface area contributed by atoms with Gasteiger partial charge in [0, 0.05) is 5.92 Å². The average molecular weight is 422 g/mol. The number of benzene rings is 2. The molecule has 3 N–H and O–H groups in total. The van der Waals surface area contributed by atoms with Crippen LogP contribution in [0.15, 0.2) is 61.2 Å². The highest BCUT2D eigenvalue weighted by Crippen LogP contribution is 2.44. The van der Waals surface area contributed by atoms with Gasteiger partial charge in [0.2, 0.25) is 5.91 Å². The summed E-state index contributed by atoms with van der Waals surface area (Å²) in [6, 6.07) is 14.0. The Bertz CT molecular complexity index is 942. The van der Waals surface area contributed by atoms with Gasteiger partial charge in [-0.25, -0.2) is 9.59 Å². The molecule has 2 unspecified atom stereocenters. The fraction of sp³-hybridized carbons (Fsp3) is 0.292. The number of alkyl carbamates (subject to hydrolysis) is 1. The molecular weight excluding hydrogens is 396 g/mol. The van der Waals surface area contributed by atoms with Crippen molar-refractivity contribution in [3.8, 4) is 11.1 Å². The van der Waals surface area contributed by atoms with Crippen molar-refractivity contribution in [3.63, 3.8) is 0 Å². The van der Waals surface area contributed by atoms with Crippen molar-refractivity contribution >= 4 is 18.0 Å². The van der Waals surface area contributed by atoms with Gasteiger partial charge >= 0.3 is 12.1 Å². The topological polar surface area (TPSA) is 105 Å². The molecule has 7 heteroatoms. The summed E-state index contributed by atoms with van der Waals surface area (Å²) in [5, 5.41) is 14.1. The molecule has 0 bridgehead atoms. The van der Waals surface area contributed by atoms with Crippen LogP contribution in [-0.4, -0.2) is 41.8 Å². The number of amides is 2. The van der Waals surface area contributed by atoms with Crippen molar-refractivity contribution in [2.24, 2.45) is 0 Å². The molecule has 0 radical (unpaired) electrons. The molecule has 0 fully saturated rings. The van der Waals surface area contributed by atoms with Gasteiger partial charge in [-0.05, 0) is 35.1 Å². The second kappa shape index (κ2) is 9.93. The molecule has 0 heterocycles. The van der Waals surface area contributed by atoms with Crippen LogP contribution in [0.2, 0.25) is 0 Å². The van der Waals surface area contributed by atoms with E-state index >= 15 is 0 Å². The van der Waals surface area contributed by atoms with Gasteiger partial charge in [0.15, 0.2) is 0 Å². The molecule has 7 nitrogen and oxygen atoms in total. The number of hydrogen-bond acceptors (Lipinski definition) is 4. The van der Waals surface area contributed by atoms with Gasteiger partial charge in [-0.3, -0.25) is 4.79 Å². The van der Waals surface area contributed by atoms with Crippen LogP contribution in [0.4, 0.5) is 4.79 Å². The Morgan fingerprint density at radius 3 is 2.13 bits per heavy atom. The van der Waals surface area contributed by atoms with Crippen LogP contribution >= 0.6 is 0 Å². The molecule has 2 aromatic rings. The Morgan fingerprint density at radius 2 is 1.61 bits per heavy atom. The molecule has 2 amide bonds. The molecule has 1 aliphatic carbocycles. The van der Waals surface area contributed by atoms with E-state index in [2.05, 4.69) is 17.2 Å². The molecule has 0 saturated heterocycles. The van der Waals surface area contributed by atoms with Crippen LogP contribution < -0.4 is 10.6 Å². The van der Waals surface area contributed by atoms with Crippen LogP contribution in [-0.2, 0) is 14.3 Å². The first-order valence-electron chi connectivity index (χ1n) is 10.2. The van der Waals surface area contributed by atoms with E-state index in [1.807, 2.05) is 48.5 Å². The molecule has 31 heavy (non-hydrogen) atoms. The van der Waals surface area contributed by atoms with Crippen LogP contribution in [0.1, 0.15) is 36.8 Å². The summed E-state index contributed by atoms with van der Waals surface area (Å²) in [6.45, 7) is 5.37. The Kier molecular flexibility index (Phi) is 7.07. The van der Waals surface area contributed by atoms with Gasteiger partial charge in [0.05, 0.1) is 0 Å². The van der Waals surface area contributed by atoms with Gasteiger partial charge < -0.3 is 20.5 Å². The van der Waals surface area contributed by atoms with Crippen LogP contribution in [0.25, 0.3) is 11.1 Å². The van der Waals surface area contributed by atoms with E-state index in [1.54, 1.807) is 6.92 Å². The number of carbonyl (C=O) groups is 3. The minimum atomic E-state index is -1.13. The fourth-order valence-electron chi connectivity index (χ4n) is 3.79. The summed E-state index contributed by atoms with van der Waals surface area (Å²) in [5.41, 5.74) is 4.42. The van der Waals surface area contributed by atoms with E-state index < -0.39 is 30.1 Å². The molecular formula is C24H26N2O5. The molecule has 0 aromatic heterocycles. The highest BCUT2D eigenvalue weighted by molar-refractivity contribution is 5.89. The predicted octanol–water partition coefficient (Wildman–Crippen LogP) is 3.45. The zero-order valence-corrected chi connectivity index (χ0v) is 17.3. The Balaban J connectivity index is 1.65. The number of ether oxygens (including phenoxy) is 1. The normalized spacial score (nSPS) is 14.0. The van der Waals surface area contributed by atoms with Gasteiger partial charge in [0.1, 0.15) is 18.7 Å². The summed E-state index contributed by atoms with van der Waals surface area (Å²) in [6.07, 6.45) is 1.11. The number of carboxylic acid groups (broad SMARTS) is 1. The van der Waals surface area contributed by atoms with E-state index in [0.29, 0.717) is 0 Å². The number of carbonyl (C=O) groups excluding carboxylic acids is 2. The molecule has 3 rings (SSSR count). The Hall–Kier alpha value is -3.61. The summed E-state index contributed by atoms with van der Waals surface area (Å²) in [5.74, 6) is -1.82. The summed E-state index contributed by atoms with van der Waals surface area (Å²) in [7, 11) is 0. The third-order valence-corrected chi connectivity index (χ3v) is 5.38. The lowest BCUT2D eigenvalue weighted by atomic mass is 9.98. The van der Waals surface area contributed by atoms with E-state index in [1.165, 1.54) is 6.08 Å². The van der Waals surface area contributed by atoms with E-state index in [0.717, 1.165) is 22.3 Å². The van der Waals surface area contributed by atoms with Gasteiger partial charge in [-0.2, -0.15) is 0 Å². The second-order valence-corrected chi connectivity index (χ2v) is 7.35. The average Bonchev–Trinajstić information content (AvgIpc) is 3.09. The molecule has 1 aliphatic rings. The van der Waals surface area contributed by atoms with Gasteiger partial charge in [0.25, 0.3) is 0 Å². The summed E-state index contributed by atoms with van der Waals surface area (Å²) >= 11 is 0. The van der Waals surface area contributed by atoms with Crippen LogP contribution in [0.3, 0.4) is 0 Å². The predicted molar refractivity (Wildman–Crippen MR) is 117 cm³/mol. The minimum Gasteiger partial charge on any atom is -0.480 e. The second-order valence-electron chi connectivity index (χ2n) is 7.35. The van der Waals surface area contributed by atoms with Crippen molar-refractivity contribution in [1.29, 1.82) is 0 Å². The zero-order valence-electron chi connectivity index (χ0n) is 17.3. The SMILES string of the molecule is C=CCC(NC(=O)OCC1c2ccccc2-c2ccccc21)C(=O)NC(CC)C(=O)O. The Labute approximate surface area is 181 Å². The minimum absolute atomic E-state index is 0.0960. The van der Waals surface area contributed by atoms with E-state index in [4.69, 9.17) is 9.84 Å². The van der Waals surface area contributed by atoms with Crippen LogP contribution in [0, 0.1) is 0 Å². The summed E-state index contributed by atoms with van der Waals surface area (Å²) in [4.78, 5) is 36.0. The molecule has 0 saturated carbocycles. The lowest BCUT2D eigenvalue weighted by molar-refractivity contribution is -0.142. The van der Waals surface area contributed by atoms with Crippen molar-refractivity contribution in [2.45, 2.75) is 37.8 Å². The monoisotopic (exact) mass is 422 g/mol.